The zero-order valence-electron chi connectivity index (χ0n) is 16.1. The molecular formula is C19H20BrFN2O7S. The minimum atomic E-state index is -3.61. The molecule has 0 amide bonds. The number of aliphatic carboxylic acids is 2. The summed E-state index contributed by atoms with van der Waals surface area (Å²) >= 11 is 3.38. The minimum Gasteiger partial charge on any atom is -0.508 e. The van der Waals surface area contributed by atoms with Crippen LogP contribution in [0.3, 0.4) is 0 Å². The molecule has 1 aliphatic rings. The van der Waals surface area contributed by atoms with Gasteiger partial charge in [-0.3, -0.25) is 4.90 Å². The van der Waals surface area contributed by atoms with E-state index in [9.17, 15) is 17.9 Å². The number of carbonyl (C=O) groups is 2. The number of phenolic OH excluding ortho intramolecular Hbond substituents is 1. The third-order valence-corrected chi connectivity index (χ3v) is 6.81. The van der Waals surface area contributed by atoms with Gasteiger partial charge in [-0.05, 0) is 42.5 Å². The smallest absolute Gasteiger partial charge is 0.414 e. The number of aromatic hydroxyl groups is 1. The summed E-state index contributed by atoms with van der Waals surface area (Å²) < 4.78 is 40.5. The Morgan fingerprint density at radius 2 is 1.52 bits per heavy atom. The molecule has 3 N–H and O–H groups in total. The normalized spacial score (nSPS) is 15.0. The van der Waals surface area contributed by atoms with E-state index >= 15 is 0 Å². The van der Waals surface area contributed by atoms with Gasteiger partial charge < -0.3 is 15.3 Å². The molecule has 3 rings (SSSR count). The number of carboxylic acid groups (broad SMARTS) is 2. The number of nitrogens with zero attached hydrogens (tertiary/aromatic N) is 2. The molecule has 0 unspecified atom stereocenters. The predicted octanol–water partition coefficient (Wildman–Crippen LogP) is 1.96. The molecule has 0 saturated carbocycles. The van der Waals surface area contributed by atoms with E-state index in [-0.39, 0.29) is 10.6 Å². The van der Waals surface area contributed by atoms with Crippen LogP contribution in [0.1, 0.15) is 5.56 Å². The maximum absolute atomic E-state index is 13.0. The van der Waals surface area contributed by atoms with E-state index in [4.69, 9.17) is 19.8 Å². The molecule has 31 heavy (non-hydrogen) atoms. The summed E-state index contributed by atoms with van der Waals surface area (Å²) in [6, 6.07) is 10.1. The van der Waals surface area contributed by atoms with Crippen LogP contribution in [0.5, 0.6) is 5.75 Å². The van der Waals surface area contributed by atoms with Crippen molar-refractivity contribution >= 4 is 37.9 Å². The monoisotopic (exact) mass is 518 g/mol. The number of hydrogen-bond acceptors (Lipinski definition) is 6. The van der Waals surface area contributed by atoms with Gasteiger partial charge in [0.1, 0.15) is 11.6 Å². The lowest BCUT2D eigenvalue weighted by atomic mass is 10.2. The average molecular weight is 519 g/mol. The van der Waals surface area contributed by atoms with E-state index in [1.54, 1.807) is 12.1 Å². The molecular weight excluding hydrogens is 499 g/mol. The highest BCUT2D eigenvalue weighted by Crippen LogP contribution is 2.24. The van der Waals surface area contributed by atoms with Gasteiger partial charge in [-0.2, -0.15) is 4.31 Å². The molecule has 0 radical (unpaired) electrons. The number of hydrogen-bond donors (Lipinski definition) is 3. The van der Waals surface area contributed by atoms with Crippen molar-refractivity contribution in [2.45, 2.75) is 11.4 Å². The van der Waals surface area contributed by atoms with Crippen LogP contribution in [0.15, 0.2) is 51.8 Å². The standard InChI is InChI=1S/C17H18BrFN2O3S.C2H2O4/c18-14-1-6-17(22)13(11-14)12-20-7-9-21(10-8-20)25(23,24)16-4-2-15(19)3-5-16;3-1(4)2(5)6/h1-6,11,22H,7-10,12H2;(H,3,4)(H,5,6). The lowest BCUT2D eigenvalue weighted by Gasteiger charge is -2.34. The minimum absolute atomic E-state index is 0.104. The number of sulfonamides is 1. The number of rotatable bonds is 4. The lowest BCUT2D eigenvalue weighted by molar-refractivity contribution is -0.159. The zero-order valence-corrected chi connectivity index (χ0v) is 18.5. The second-order valence-corrected chi connectivity index (χ2v) is 9.37. The second-order valence-electron chi connectivity index (χ2n) is 6.52. The Morgan fingerprint density at radius 3 is 2.03 bits per heavy atom. The van der Waals surface area contributed by atoms with Crippen LogP contribution in [0.25, 0.3) is 0 Å². The fourth-order valence-corrected chi connectivity index (χ4v) is 4.64. The van der Waals surface area contributed by atoms with E-state index in [1.807, 2.05) is 6.07 Å². The summed E-state index contributed by atoms with van der Waals surface area (Å²) in [6.45, 7) is 2.39. The van der Waals surface area contributed by atoms with E-state index in [0.29, 0.717) is 32.7 Å². The Hall–Kier alpha value is -2.54. The second kappa shape index (κ2) is 10.7. The van der Waals surface area contributed by atoms with Gasteiger partial charge in [0.25, 0.3) is 0 Å². The molecule has 1 aliphatic heterocycles. The largest absolute Gasteiger partial charge is 0.508 e. The maximum Gasteiger partial charge on any atom is 0.414 e. The SMILES string of the molecule is O=C(O)C(=O)O.O=S(=O)(c1ccc(F)cc1)N1CCN(Cc2cc(Br)ccc2O)CC1. The molecule has 168 valence electrons. The van der Waals surface area contributed by atoms with Gasteiger partial charge in [-0.25, -0.2) is 22.4 Å². The van der Waals surface area contributed by atoms with Crippen LogP contribution in [0.2, 0.25) is 0 Å². The highest BCUT2D eigenvalue weighted by Gasteiger charge is 2.28. The molecule has 0 bridgehead atoms. The van der Waals surface area contributed by atoms with Crippen LogP contribution in [0.4, 0.5) is 4.39 Å². The summed E-state index contributed by atoms with van der Waals surface area (Å²) in [7, 11) is -3.61. The van der Waals surface area contributed by atoms with Gasteiger partial charge in [0.05, 0.1) is 4.90 Å². The molecule has 0 atom stereocenters. The van der Waals surface area contributed by atoms with E-state index in [0.717, 1.165) is 22.2 Å². The predicted molar refractivity (Wildman–Crippen MR) is 112 cm³/mol. The molecule has 2 aromatic carbocycles. The first kappa shape index (κ1) is 24.7. The molecule has 0 aliphatic carbocycles. The maximum atomic E-state index is 13.0. The van der Waals surface area contributed by atoms with Gasteiger partial charge >= 0.3 is 11.9 Å². The van der Waals surface area contributed by atoms with Crippen molar-refractivity contribution in [3.63, 3.8) is 0 Å². The van der Waals surface area contributed by atoms with Gasteiger partial charge in [-0.15, -0.1) is 0 Å². The Morgan fingerprint density at radius 1 is 0.968 bits per heavy atom. The number of piperazine rings is 1. The summed E-state index contributed by atoms with van der Waals surface area (Å²) in [5.41, 5.74) is 0.796. The van der Waals surface area contributed by atoms with Crippen molar-refractivity contribution in [1.82, 2.24) is 9.21 Å². The van der Waals surface area contributed by atoms with Gasteiger partial charge in [0.15, 0.2) is 0 Å². The molecule has 9 nitrogen and oxygen atoms in total. The first-order valence-electron chi connectivity index (χ1n) is 8.92. The van der Waals surface area contributed by atoms with Crippen molar-refractivity contribution in [2.75, 3.05) is 26.2 Å². The molecule has 2 aromatic rings. The molecule has 0 spiro atoms. The van der Waals surface area contributed by atoms with Crippen molar-refractivity contribution in [3.8, 4) is 5.75 Å². The van der Waals surface area contributed by atoms with Crippen LogP contribution in [0, 0.1) is 5.82 Å². The van der Waals surface area contributed by atoms with Gasteiger partial charge in [0.2, 0.25) is 10.0 Å². The number of halogens is 2. The van der Waals surface area contributed by atoms with Crippen molar-refractivity contribution in [3.05, 3.63) is 58.3 Å². The van der Waals surface area contributed by atoms with Crippen LogP contribution in [-0.4, -0.2) is 71.1 Å². The Balaban J connectivity index is 0.000000501. The van der Waals surface area contributed by atoms with E-state index < -0.39 is 27.8 Å². The summed E-state index contributed by atoms with van der Waals surface area (Å²) in [5.74, 6) is -3.88. The molecule has 1 heterocycles. The van der Waals surface area contributed by atoms with Crippen LogP contribution >= 0.6 is 15.9 Å². The summed E-state index contributed by atoms with van der Waals surface area (Å²) in [4.78, 5) is 20.4. The Kier molecular flexibility index (Phi) is 8.51. The Bertz CT molecular complexity index is 1030. The van der Waals surface area contributed by atoms with Crippen LogP contribution in [-0.2, 0) is 26.2 Å². The molecule has 1 saturated heterocycles. The molecule has 12 heteroatoms. The van der Waals surface area contributed by atoms with Gasteiger partial charge in [0, 0.05) is 42.8 Å². The van der Waals surface area contributed by atoms with E-state index in [2.05, 4.69) is 20.8 Å². The first-order valence-corrected chi connectivity index (χ1v) is 11.2. The molecule has 1 fully saturated rings. The topological polar surface area (TPSA) is 135 Å². The van der Waals surface area contributed by atoms with Crippen molar-refractivity contribution < 1.29 is 37.7 Å². The first-order chi connectivity index (χ1) is 14.5. The Labute approximate surface area is 186 Å². The third kappa shape index (κ3) is 6.99. The number of carboxylic acids is 2. The van der Waals surface area contributed by atoms with E-state index in [1.165, 1.54) is 16.4 Å². The quantitative estimate of drug-likeness (QED) is 0.522. The third-order valence-electron chi connectivity index (χ3n) is 4.40. The zero-order chi connectivity index (χ0) is 23.2. The highest BCUT2D eigenvalue weighted by atomic mass is 79.9. The fraction of sp³-hybridized carbons (Fsp3) is 0.263. The van der Waals surface area contributed by atoms with Gasteiger partial charge in [-0.1, -0.05) is 15.9 Å². The number of phenols is 1. The summed E-state index contributed by atoms with van der Waals surface area (Å²) in [5, 5.41) is 24.7. The number of benzene rings is 2. The van der Waals surface area contributed by atoms with Crippen molar-refractivity contribution in [2.24, 2.45) is 0 Å². The summed E-state index contributed by atoms with van der Waals surface area (Å²) in [6.07, 6.45) is 0. The van der Waals surface area contributed by atoms with Crippen molar-refractivity contribution in [1.29, 1.82) is 0 Å². The molecule has 0 aromatic heterocycles. The lowest BCUT2D eigenvalue weighted by Crippen LogP contribution is -2.48. The fourth-order valence-electron chi connectivity index (χ4n) is 2.81. The average Bonchev–Trinajstić information content (AvgIpc) is 2.72. The highest BCUT2D eigenvalue weighted by molar-refractivity contribution is 9.10. The van der Waals surface area contributed by atoms with Crippen LogP contribution < -0.4 is 0 Å².